The number of carbonyl (C=O) groups is 1. The normalized spacial score (nSPS) is 15.2. The summed E-state index contributed by atoms with van der Waals surface area (Å²) in [6.45, 7) is 4.07. The fraction of sp³-hybridized carbons (Fsp3) is 0.290. The first-order chi connectivity index (χ1) is 21.1. The van der Waals surface area contributed by atoms with Crippen molar-refractivity contribution in [3.8, 4) is 11.4 Å². The van der Waals surface area contributed by atoms with Gasteiger partial charge in [0.1, 0.15) is 12.1 Å². The van der Waals surface area contributed by atoms with Gasteiger partial charge in [0.15, 0.2) is 11.0 Å². The summed E-state index contributed by atoms with van der Waals surface area (Å²) in [7, 11) is 0. The molecule has 0 spiro atoms. The molecule has 1 fully saturated rings. The molecule has 3 aromatic carbocycles. The number of rotatable bonds is 11. The van der Waals surface area contributed by atoms with Crippen LogP contribution in [0.4, 0.5) is 24.5 Å². The number of hydrogen-bond donors (Lipinski definition) is 2. The Morgan fingerprint density at radius 2 is 1.82 bits per heavy atom. The van der Waals surface area contributed by atoms with Crippen molar-refractivity contribution in [2.24, 2.45) is 4.99 Å². The Kier molecular flexibility index (Phi) is 9.55. The van der Waals surface area contributed by atoms with Crippen molar-refractivity contribution >= 4 is 34.2 Å². The molecule has 1 saturated heterocycles. The van der Waals surface area contributed by atoms with Crippen LogP contribution in [0.2, 0.25) is 0 Å². The van der Waals surface area contributed by atoms with Crippen molar-refractivity contribution < 1.29 is 27.8 Å². The summed E-state index contributed by atoms with van der Waals surface area (Å²) >= 11 is 1.30. The van der Waals surface area contributed by atoms with E-state index in [2.05, 4.69) is 32.1 Å². The smallest absolute Gasteiger partial charge is 0.406 e. The highest BCUT2D eigenvalue weighted by molar-refractivity contribution is 8.15. The molecule has 4 aromatic rings. The van der Waals surface area contributed by atoms with Gasteiger partial charge in [0.2, 0.25) is 12.3 Å². The monoisotopic (exact) mass is 624 g/mol. The van der Waals surface area contributed by atoms with Gasteiger partial charge < -0.3 is 15.2 Å². The Morgan fingerprint density at radius 3 is 2.52 bits per heavy atom. The van der Waals surface area contributed by atoms with Crippen molar-refractivity contribution in [3.63, 3.8) is 0 Å². The molecular weight excluding hydrogens is 593 g/mol. The van der Waals surface area contributed by atoms with Gasteiger partial charge in [0.05, 0.1) is 17.1 Å². The number of ether oxygens (including phenoxy) is 1. The van der Waals surface area contributed by atoms with E-state index in [1.54, 1.807) is 4.90 Å². The number of alkyl halides is 3. The molecule has 230 valence electrons. The molecule has 0 aliphatic carbocycles. The van der Waals surface area contributed by atoms with Crippen molar-refractivity contribution in [1.29, 1.82) is 0 Å². The largest absolute Gasteiger partial charge is 0.573 e. The zero-order chi connectivity index (χ0) is 31.3. The third-order valence-electron chi connectivity index (χ3n) is 6.76. The number of amidine groups is 1. The molecule has 1 atom stereocenters. The lowest BCUT2D eigenvalue weighted by Gasteiger charge is -2.21. The van der Waals surface area contributed by atoms with E-state index in [0.717, 1.165) is 35.2 Å². The summed E-state index contributed by atoms with van der Waals surface area (Å²) in [5, 5.41) is 18.5. The zero-order valence-electron chi connectivity index (χ0n) is 24.1. The molecule has 1 amide bonds. The number of benzene rings is 3. The van der Waals surface area contributed by atoms with E-state index in [1.165, 1.54) is 47.0 Å². The highest BCUT2D eigenvalue weighted by atomic mass is 32.2. The maximum Gasteiger partial charge on any atom is 0.573 e. The van der Waals surface area contributed by atoms with Gasteiger partial charge in [-0.15, -0.1) is 13.2 Å². The SMILES string of the molecule is CCCc1ccc(C)cc1N1C(=O)CS/C1=N\C(O)Nc1ccc(CCc2ncn(-c3ccc(OC(F)(F)F)cc3)n2)cc1. The Labute approximate surface area is 256 Å². The predicted molar refractivity (Wildman–Crippen MR) is 164 cm³/mol. The number of hydrogen-bond acceptors (Lipinski definition) is 8. The lowest BCUT2D eigenvalue weighted by atomic mass is 10.0. The molecule has 1 aliphatic heterocycles. The minimum Gasteiger partial charge on any atom is -0.406 e. The van der Waals surface area contributed by atoms with Crippen LogP contribution in [0.25, 0.3) is 5.69 Å². The highest BCUT2D eigenvalue weighted by Crippen LogP contribution is 2.32. The minimum atomic E-state index is -4.75. The average Bonchev–Trinajstić information content (AvgIpc) is 3.60. The molecule has 0 radical (unpaired) electrons. The number of thioether (sulfide) groups is 1. The molecule has 1 aliphatic rings. The number of aliphatic hydroxyl groups is 1. The van der Waals surface area contributed by atoms with E-state index in [4.69, 9.17) is 0 Å². The van der Waals surface area contributed by atoms with Crippen LogP contribution in [-0.2, 0) is 24.1 Å². The van der Waals surface area contributed by atoms with Gasteiger partial charge in [0.25, 0.3) is 0 Å². The fourth-order valence-corrected chi connectivity index (χ4v) is 5.59. The number of nitrogens with zero attached hydrogens (tertiary/aromatic N) is 5. The fourth-order valence-electron chi connectivity index (χ4n) is 4.70. The van der Waals surface area contributed by atoms with E-state index in [9.17, 15) is 23.1 Å². The van der Waals surface area contributed by atoms with Crippen LogP contribution in [0, 0.1) is 6.92 Å². The number of amides is 1. The van der Waals surface area contributed by atoms with Gasteiger partial charge in [-0.1, -0.05) is 49.4 Å². The molecule has 9 nitrogen and oxygen atoms in total. The van der Waals surface area contributed by atoms with Crippen LogP contribution in [0.5, 0.6) is 5.75 Å². The number of halogens is 3. The number of aliphatic hydroxyl groups excluding tert-OH is 1. The van der Waals surface area contributed by atoms with E-state index >= 15 is 0 Å². The van der Waals surface area contributed by atoms with Crippen LogP contribution in [0.3, 0.4) is 0 Å². The van der Waals surface area contributed by atoms with Gasteiger partial charge in [0, 0.05) is 12.1 Å². The molecule has 0 saturated carbocycles. The number of anilines is 2. The molecule has 2 N–H and O–H groups in total. The molecule has 13 heteroatoms. The van der Waals surface area contributed by atoms with Crippen LogP contribution in [0.15, 0.2) is 78.0 Å². The third-order valence-corrected chi connectivity index (χ3v) is 7.70. The van der Waals surface area contributed by atoms with Crippen molar-refractivity contribution in [3.05, 3.63) is 95.6 Å². The van der Waals surface area contributed by atoms with Crippen molar-refractivity contribution in [2.45, 2.75) is 52.2 Å². The van der Waals surface area contributed by atoms with Crippen molar-refractivity contribution in [2.75, 3.05) is 16.0 Å². The Morgan fingerprint density at radius 1 is 1.07 bits per heavy atom. The van der Waals surface area contributed by atoms with Crippen LogP contribution >= 0.6 is 11.8 Å². The number of aromatic nitrogens is 3. The van der Waals surface area contributed by atoms with Gasteiger partial charge in [-0.25, -0.2) is 14.7 Å². The summed E-state index contributed by atoms with van der Waals surface area (Å²) < 4.78 is 42.5. The zero-order valence-corrected chi connectivity index (χ0v) is 24.9. The summed E-state index contributed by atoms with van der Waals surface area (Å²) in [6, 6.07) is 18.9. The highest BCUT2D eigenvalue weighted by Gasteiger charge is 2.32. The van der Waals surface area contributed by atoms with Gasteiger partial charge in [-0.2, -0.15) is 5.10 Å². The van der Waals surface area contributed by atoms with Gasteiger partial charge in [-0.3, -0.25) is 9.69 Å². The Bertz CT molecular complexity index is 1620. The topological polar surface area (TPSA) is 105 Å². The lowest BCUT2D eigenvalue weighted by molar-refractivity contribution is -0.274. The molecule has 5 rings (SSSR count). The van der Waals surface area contributed by atoms with Crippen LogP contribution in [0.1, 0.15) is 35.9 Å². The first kappa shape index (κ1) is 31.1. The Hall–Kier alpha value is -4.36. The third kappa shape index (κ3) is 7.97. The molecule has 1 aromatic heterocycles. The standard InChI is InChI=1S/C31H31F3N6O3S/c1-3-4-22-9-5-20(2)17-26(22)40-28(41)18-44-30(40)37-29(42)36-23-10-6-21(7-11-23)8-16-27-35-19-39(38-27)24-12-14-25(15-13-24)43-31(32,33)34/h5-7,9-15,17,19,29,36,42H,3-4,8,16,18H2,1-2H3/b37-30-. The second-order valence-electron chi connectivity index (χ2n) is 10.2. The maximum atomic E-state index is 12.8. The molecule has 2 heterocycles. The molecule has 44 heavy (non-hydrogen) atoms. The summed E-state index contributed by atoms with van der Waals surface area (Å²) in [5.74, 6) is 0.465. The number of aliphatic imine (C=N–C) groups is 1. The maximum absolute atomic E-state index is 12.8. The number of carbonyl (C=O) groups excluding carboxylic acids is 1. The molecule has 1 unspecified atom stereocenters. The van der Waals surface area contributed by atoms with Gasteiger partial charge in [-0.05, 0) is 78.9 Å². The molecule has 0 bridgehead atoms. The summed E-state index contributed by atoms with van der Waals surface area (Å²) in [5.41, 5.74) is 5.15. The van der Waals surface area contributed by atoms with Crippen molar-refractivity contribution in [1.82, 2.24) is 14.8 Å². The summed E-state index contributed by atoms with van der Waals surface area (Å²) in [4.78, 5) is 23.1. The number of nitrogens with one attached hydrogen (secondary N) is 1. The van der Waals surface area contributed by atoms with E-state index in [0.29, 0.717) is 35.2 Å². The van der Waals surface area contributed by atoms with Crippen LogP contribution < -0.4 is 15.0 Å². The average molecular weight is 625 g/mol. The first-order valence-electron chi connectivity index (χ1n) is 14.0. The predicted octanol–water partition coefficient (Wildman–Crippen LogP) is 6.04. The minimum absolute atomic E-state index is 0.0685. The lowest BCUT2D eigenvalue weighted by Crippen LogP contribution is -2.32. The van der Waals surface area contributed by atoms with E-state index < -0.39 is 12.7 Å². The van der Waals surface area contributed by atoms with Gasteiger partial charge >= 0.3 is 6.36 Å². The number of aryl methyl sites for hydroxylation is 4. The second kappa shape index (κ2) is 13.5. The summed E-state index contributed by atoms with van der Waals surface area (Å²) in [6.07, 6.45) is -1.52. The quantitative estimate of drug-likeness (QED) is 0.196. The van der Waals surface area contributed by atoms with Crippen LogP contribution in [-0.4, -0.2) is 49.4 Å². The van der Waals surface area contributed by atoms with E-state index in [-0.39, 0.29) is 17.4 Å². The molecular formula is C31H31F3N6O3S. The first-order valence-corrected chi connectivity index (χ1v) is 15.0. The van der Waals surface area contributed by atoms with E-state index in [1.807, 2.05) is 49.4 Å². The Balaban J connectivity index is 1.17. The second-order valence-corrected chi connectivity index (χ2v) is 11.1.